The molecule has 0 atom stereocenters. The molecule has 3 aromatic rings. The molecule has 15 heavy (non-hydrogen) atoms. The summed E-state index contributed by atoms with van der Waals surface area (Å²) in [6.07, 6.45) is 3.13. The molecule has 2 nitrogen and oxygen atoms in total. The van der Waals surface area contributed by atoms with E-state index in [4.69, 9.17) is 0 Å². The number of pyridine rings is 1. The van der Waals surface area contributed by atoms with E-state index in [1.165, 1.54) is 11.1 Å². The fraction of sp³-hybridized carbons (Fsp3) is 0.154. The highest BCUT2D eigenvalue weighted by molar-refractivity contribution is 5.81. The Morgan fingerprint density at radius 3 is 3.00 bits per heavy atom. The van der Waals surface area contributed by atoms with Crippen molar-refractivity contribution in [1.82, 2.24) is 9.38 Å². The summed E-state index contributed by atoms with van der Waals surface area (Å²) < 4.78 is 2.13. The number of nitrogens with zero attached hydrogens (tertiary/aromatic N) is 2. The number of benzene rings is 1. The van der Waals surface area contributed by atoms with Crippen LogP contribution in [0.5, 0.6) is 0 Å². The average molecular weight is 196 g/mol. The number of rotatable bonds is 1. The maximum Gasteiger partial charge on any atom is 0.137 e. The van der Waals surface area contributed by atoms with Gasteiger partial charge in [-0.3, -0.25) is 4.40 Å². The normalized spacial score (nSPS) is 11.3. The first kappa shape index (κ1) is 8.48. The molecule has 0 spiro atoms. The van der Waals surface area contributed by atoms with E-state index in [1.807, 2.05) is 18.2 Å². The molecule has 1 aromatic carbocycles. The van der Waals surface area contributed by atoms with Crippen molar-refractivity contribution in [2.75, 3.05) is 0 Å². The lowest BCUT2D eigenvalue weighted by Crippen LogP contribution is -1.83. The van der Waals surface area contributed by atoms with Crippen LogP contribution in [-0.2, 0) is 6.42 Å². The minimum atomic E-state index is 1.01. The minimum Gasteiger partial charge on any atom is -0.300 e. The van der Waals surface area contributed by atoms with Crippen molar-refractivity contribution < 1.29 is 0 Å². The molecule has 0 aliphatic carbocycles. The van der Waals surface area contributed by atoms with Crippen molar-refractivity contribution in [3.05, 3.63) is 48.2 Å². The molecule has 74 valence electrons. The third-order valence-corrected chi connectivity index (χ3v) is 2.78. The van der Waals surface area contributed by atoms with Crippen LogP contribution in [0.1, 0.15) is 12.5 Å². The van der Waals surface area contributed by atoms with Gasteiger partial charge in [0, 0.05) is 6.20 Å². The van der Waals surface area contributed by atoms with Gasteiger partial charge in [-0.05, 0) is 36.2 Å². The summed E-state index contributed by atoms with van der Waals surface area (Å²) in [5.74, 6) is 0. The van der Waals surface area contributed by atoms with Gasteiger partial charge in [0.1, 0.15) is 5.65 Å². The second kappa shape index (κ2) is 3.09. The van der Waals surface area contributed by atoms with E-state index >= 15 is 0 Å². The van der Waals surface area contributed by atoms with Gasteiger partial charge in [-0.1, -0.05) is 19.1 Å². The molecule has 0 bridgehead atoms. The third-order valence-electron chi connectivity index (χ3n) is 2.78. The van der Waals surface area contributed by atoms with Crippen molar-refractivity contribution in [3.8, 4) is 0 Å². The molecule has 3 rings (SSSR count). The zero-order chi connectivity index (χ0) is 10.3. The van der Waals surface area contributed by atoms with E-state index in [2.05, 4.69) is 40.7 Å². The first-order chi connectivity index (χ1) is 7.38. The van der Waals surface area contributed by atoms with Crippen molar-refractivity contribution in [3.63, 3.8) is 0 Å². The van der Waals surface area contributed by atoms with E-state index < -0.39 is 0 Å². The predicted molar refractivity (Wildman–Crippen MR) is 62.1 cm³/mol. The zero-order valence-electron chi connectivity index (χ0n) is 8.64. The SMILES string of the molecule is CCc1ccc2nc3ccccn3c2c1. The zero-order valence-corrected chi connectivity index (χ0v) is 8.64. The van der Waals surface area contributed by atoms with Crippen LogP contribution in [0.25, 0.3) is 16.7 Å². The summed E-state index contributed by atoms with van der Waals surface area (Å²) in [6.45, 7) is 2.17. The van der Waals surface area contributed by atoms with Gasteiger partial charge in [0.2, 0.25) is 0 Å². The van der Waals surface area contributed by atoms with Crippen LogP contribution >= 0.6 is 0 Å². The van der Waals surface area contributed by atoms with Crippen LogP contribution in [0.4, 0.5) is 0 Å². The van der Waals surface area contributed by atoms with Gasteiger partial charge >= 0.3 is 0 Å². The molecule has 0 saturated heterocycles. The molecule has 0 fully saturated rings. The fourth-order valence-electron chi connectivity index (χ4n) is 1.93. The number of aromatic nitrogens is 2. The molecule has 0 aliphatic heterocycles. The van der Waals surface area contributed by atoms with Crippen LogP contribution in [0.2, 0.25) is 0 Å². The van der Waals surface area contributed by atoms with Crippen molar-refractivity contribution in [2.24, 2.45) is 0 Å². The summed E-state index contributed by atoms with van der Waals surface area (Å²) in [4.78, 5) is 4.55. The van der Waals surface area contributed by atoms with Gasteiger partial charge in [0.05, 0.1) is 11.0 Å². The first-order valence-corrected chi connectivity index (χ1v) is 5.24. The Bertz CT molecular complexity index is 623. The van der Waals surface area contributed by atoms with Gasteiger partial charge in [-0.2, -0.15) is 0 Å². The Morgan fingerprint density at radius 1 is 1.20 bits per heavy atom. The highest BCUT2D eigenvalue weighted by Crippen LogP contribution is 2.18. The number of imidazole rings is 1. The minimum absolute atomic E-state index is 1.01. The lowest BCUT2D eigenvalue weighted by atomic mass is 10.1. The lowest BCUT2D eigenvalue weighted by Gasteiger charge is -1.97. The fourth-order valence-corrected chi connectivity index (χ4v) is 1.93. The van der Waals surface area contributed by atoms with E-state index in [1.54, 1.807) is 0 Å². The molecule has 2 heteroatoms. The predicted octanol–water partition coefficient (Wildman–Crippen LogP) is 3.05. The van der Waals surface area contributed by atoms with E-state index in [9.17, 15) is 0 Å². The molecule has 0 radical (unpaired) electrons. The van der Waals surface area contributed by atoms with Gasteiger partial charge < -0.3 is 0 Å². The quantitative estimate of drug-likeness (QED) is 0.584. The largest absolute Gasteiger partial charge is 0.300 e. The van der Waals surface area contributed by atoms with Gasteiger partial charge in [0.15, 0.2) is 0 Å². The Morgan fingerprint density at radius 2 is 2.13 bits per heavy atom. The average Bonchev–Trinajstić information content (AvgIpc) is 2.66. The second-order valence-electron chi connectivity index (χ2n) is 3.72. The molecule has 0 N–H and O–H groups in total. The van der Waals surface area contributed by atoms with E-state index in [0.29, 0.717) is 0 Å². The highest BCUT2D eigenvalue weighted by Gasteiger charge is 2.03. The van der Waals surface area contributed by atoms with Crippen molar-refractivity contribution in [1.29, 1.82) is 0 Å². The summed E-state index contributed by atoms with van der Waals surface area (Å²) >= 11 is 0. The lowest BCUT2D eigenvalue weighted by molar-refractivity contribution is 1.14. The molecular weight excluding hydrogens is 184 g/mol. The number of aryl methyl sites for hydroxylation is 1. The smallest absolute Gasteiger partial charge is 0.137 e. The Hall–Kier alpha value is -1.83. The summed E-state index contributed by atoms with van der Waals surface area (Å²) in [6, 6.07) is 12.5. The van der Waals surface area contributed by atoms with Crippen molar-refractivity contribution in [2.45, 2.75) is 13.3 Å². The topological polar surface area (TPSA) is 17.3 Å². The molecular formula is C13H12N2. The Balaban J connectivity index is 2.46. The van der Waals surface area contributed by atoms with Crippen LogP contribution in [0.15, 0.2) is 42.6 Å². The van der Waals surface area contributed by atoms with Crippen LogP contribution in [-0.4, -0.2) is 9.38 Å². The number of fused-ring (bicyclic) bond motifs is 3. The third kappa shape index (κ3) is 1.22. The molecule has 2 aromatic heterocycles. The maximum absolute atomic E-state index is 4.55. The highest BCUT2D eigenvalue weighted by atomic mass is 15.0. The molecule has 2 heterocycles. The monoisotopic (exact) mass is 196 g/mol. The molecule has 0 amide bonds. The van der Waals surface area contributed by atoms with Crippen molar-refractivity contribution >= 4 is 16.7 Å². The van der Waals surface area contributed by atoms with Crippen LogP contribution in [0, 0.1) is 0 Å². The first-order valence-electron chi connectivity index (χ1n) is 5.24. The number of hydrogen-bond donors (Lipinski definition) is 0. The summed E-state index contributed by atoms with van der Waals surface area (Å²) in [5.41, 5.74) is 4.64. The standard InChI is InChI=1S/C13H12N2/c1-2-10-6-7-11-12(9-10)15-8-4-3-5-13(15)14-11/h3-9H,2H2,1H3. The van der Waals surface area contributed by atoms with E-state index in [0.717, 1.165) is 17.6 Å². The maximum atomic E-state index is 4.55. The van der Waals surface area contributed by atoms with Gasteiger partial charge in [0.25, 0.3) is 0 Å². The van der Waals surface area contributed by atoms with Gasteiger partial charge in [-0.25, -0.2) is 4.98 Å². The molecule has 0 saturated carbocycles. The molecule has 0 aliphatic rings. The van der Waals surface area contributed by atoms with Crippen LogP contribution in [0.3, 0.4) is 0 Å². The Labute approximate surface area is 88.2 Å². The number of hydrogen-bond acceptors (Lipinski definition) is 1. The summed E-state index contributed by atoms with van der Waals surface area (Å²) in [7, 11) is 0. The van der Waals surface area contributed by atoms with E-state index in [-0.39, 0.29) is 0 Å². The Kier molecular flexibility index (Phi) is 1.75. The van der Waals surface area contributed by atoms with Gasteiger partial charge in [-0.15, -0.1) is 0 Å². The van der Waals surface area contributed by atoms with Crippen LogP contribution < -0.4 is 0 Å². The molecule has 0 unspecified atom stereocenters. The second-order valence-corrected chi connectivity index (χ2v) is 3.72. The summed E-state index contributed by atoms with van der Waals surface area (Å²) in [5, 5.41) is 0.